The Morgan fingerprint density at radius 2 is 2.00 bits per heavy atom. The maximum atomic E-state index is 6.06. The molecular weight excluding hydrogens is 300 g/mol. The van der Waals surface area contributed by atoms with Gasteiger partial charge in [-0.2, -0.15) is 0 Å². The van der Waals surface area contributed by atoms with E-state index in [2.05, 4.69) is 15.9 Å². The molecule has 2 aromatic rings. The maximum Gasteiger partial charge on any atom is 0.138 e. The molecule has 3 heteroatoms. The first-order valence-corrected chi connectivity index (χ1v) is 6.45. The van der Waals surface area contributed by atoms with E-state index < -0.39 is 0 Å². The lowest BCUT2D eigenvalue weighted by Crippen LogP contribution is -1.96. The highest BCUT2D eigenvalue weighted by Crippen LogP contribution is 2.26. The van der Waals surface area contributed by atoms with Crippen LogP contribution in [0.3, 0.4) is 0 Å². The van der Waals surface area contributed by atoms with Crippen LogP contribution in [-0.4, -0.2) is 0 Å². The van der Waals surface area contributed by atoms with Gasteiger partial charge in [0.1, 0.15) is 12.4 Å². The van der Waals surface area contributed by atoms with Crippen molar-refractivity contribution in [1.82, 2.24) is 0 Å². The van der Waals surface area contributed by atoms with Gasteiger partial charge in [0.2, 0.25) is 0 Å². The van der Waals surface area contributed by atoms with E-state index in [0.29, 0.717) is 11.6 Å². The van der Waals surface area contributed by atoms with Gasteiger partial charge in [0.25, 0.3) is 0 Å². The summed E-state index contributed by atoms with van der Waals surface area (Å²) >= 11 is 9.49. The molecule has 0 aromatic heterocycles. The molecule has 0 fully saturated rings. The molecule has 1 nitrogen and oxygen atoms in total. The third-order valence-electron chi connectivity index (χ3n) is 2.37. The minimum absolute atomic E-state index is 0.516. The van der Waals surface area contributed by atoms with E-state index in [1.165, 1.54) is 0 Å². The highest BCUT2D eigenvalue weighted by atomic mass is 79.9. The summed E-state index contributed by atoms with van der Waals surface area (Å²) in [5, 5.41) is 0.644. The van der Waals surface area contributed by atoms with Crippen LogP contribution >= 0.6 is 27.5 Å². The van der Waals surface area contributed by atoms with Gasteiger partial charge in [0.15, 0.2) is 0 Å². The Bertz CT molecular complexity index is 525. The van der Waals surface area contributed by atoms with Crippen LogP contribution in [0.15, 0.2) is 46.9 Å². The quantitative estimate of drug-likeness (QED) is 0.776. The van der Waals surface area contributed by atoms with Gasteiger partial charge >= 0.3 is 0 Å². The van der Waals surface area contributed by atoms with Crippen molar-refractivity contribution in [2.75, 3.05) is 0 Å². The van der Waals surface area contributed by atoms with Gasteiger partial charge in [-0.3, -0.25) is 0 Å². The predicted molar refractivity (Wildman–Crippen MR) is 74.7 cm³/mol. The maximum absolute atomic E-state index is 6.06. The van der Waals surface area contributed by atoms with E-state index >= 15 is 0 Å². The summed E-state index contributed by atoms with van der Waals surface area (Å²) in [6.07, 6.45) is 0. The molecule has 0 atom stereocenters. The molecule has 0 aliphatic carbocycles. The molecule has 0 aliphatic rings. The van der Waals surface area contributed by atoms with E-state index in [4.69, 9.17) is 16.3 Å². The van der Waals surface area contributed by atoms with Crippen molar-refractivity contribution in [2.45, 2.75) is 13.5 Å². The number of ether oxygens (including phenoxy) is 1. The molecule has 0 spiro atoms. The zero-order valence-corrected chi connectivity index (χ0v) is 11.8. The van der Waals surface area contributed by atoms with E-state index in [1.54, 1.807) is 0 Å². The summed E-state index contributed by atoms with van der Waals surface area (Å²) in [6, 6.07) is 13.8. The van der Waals surface area contributed by atoms with E-state index in [1.807, 2.05) is 49.4 Å². The van der Waals surface area contributed by atoms with Crippen LogP contribution in [-0.2, 0) is 6.61 Å². The van der Waals surface area contributed by atoms with Crippen molar-refractivity contribution in [3.63, 3.8) is 0 Å². The van der Waals surface area contributed by atoms with E-state index in [0.717, 1.165) is 21.3 Å². The Morgan fingerprint density at radius 3 is 2.76 bits per heavy atom. The summed E-state index contributed by atoms with van der Waals surface area (Å²) < 4.78 is 6.76. The first kappa shape index (κ1) is 12.5. The fourth-order valence-electron chi connectivity index (χ4n) is 1.51. The molecule has 88 valence electrons. The highest BCUT2D eigenvalue weighted by molar-refractivity contribution is 9.10. The largest absolute Gasteiger partial charge is 0.487 e. The normalized spacial score (nSPS) is 10.3. The zero-order valence-electron chi connectivity index (χ0n) is 9.41. The minimum atomic E-state index is 0.516. The smallest absolute Gasteiger partial charge is 0.138 e. The van der Waals surface area contributed by atoms with Gasteiger partial charge < -0.3 is 4.74 Å². The molecule has 0 saturated heterocycles. The van der Waals surface area contributed by atoms with Gasteiger partial charge in [-0.25, -0.2) is 0 Å². The fraction of sp³-hybridized carbons (Fsp3) is 0.143. The van der Waals surface area contributed by atoms with Crippen molar-refractivity contribution in [1.29, 1.82) is 0 Å². The molecular formula is C14H12BrClO. The van der Waals surface area contributed by atoms with Crippen molar-refractivity contribution in [3.05, 3.63) is 63.1 Å². The van der Waals surface area contributed by atoms with Crippen LogP contribution in [0.5, 0.6) is 5.75 Å². The average molecular weight is 312 g/mol. The fourth-order valence-corrected chi connectivity index (χ4v) is 2.13. The number of hydrogen-bond acceptors (Lipinski definition) is 1. The predicted octanol–water partition coefficient (Wildman–Crippen LogP) is 4.99. The second kappa shape index (κ2) is 5.56. The van der Waals surface area contributed by atoms with Crippen LogP contribution in [0.4, 0.5) is 0 Å². The molecule has 2 aromatic carbocycles. The van der Waals surface area contributed by atoms with Crippen molar-refractivity contribution >= 4 is 27.5 Å². The van der Waals surface area contributed by atoms with Crippen LogP contribution < -0.4 is 4.74 Å². The first-order valence-electron chi connectivity index (χ1n) is 5.28. The van der Waals surface area contributed by atoms with Gasteiger partial charge in [-0.05, 0) is 42.3 Å². The lowest BCUT2D eigenvalue weighted by atomic mass is 10.2. The van der Waals surface area contributed by atoms with Crippen molar-refractivity contribution in [2.24, 2.45) is 0 Å². The third-order valence-corrected chi connectivity index (χ3v) is 3.18. The van der Waals surface area contributed by atoms with Gasteiger partial charge in [-0.1, -0.05) is 45.7 Å². The lowest BCUT2D eigenvalue weighted by molar-refractivity contribution is 0.306. The van der Waals surface area contributed by atoms with Gasteiger partial charge in [0.05, 0.1) is 5.02 Å². The number of hydrogen-bond donors (Lipinski definition) is 0. The Labute approximate surface area is 115 Å². The molecule has 0 aliphatic heterocycles. The summed E-state index contributed by atoms with van der Waals surface area (Å²) in [4.78, 5) is 0. The Morgan fingerprint density at radius 1 is 1.18 bits per heavy atom. The van der Waals surface area contributed by atoms with Crippen LogP contribution in [0.1, 0.15) is 11.1 Å². The summed E-state index contributed by atoms with van der Waals surface area (Å²) in [6.45, 7) is 2.53. The standard InChI is InChI=1S/C14H12BrClO/c1-10-5-6-13(16)14(7-10)17-9-11-3-2-4-12(15)8-11/h2-8H,9H2,1H3. The molecule has 0 amide bonds. The Hall–Kier alpha value is -0.990. The number of aryl methyl sites for hydroxylation is 1. The second-order valence-electron chi connectivity index (χ2n) is 3.85. The van der Waals surface area contributed by atoms with Crippen LogP contribution in [0.2, 0.25) is 5.02 Å². The third kappa shape index (κ3) is 3.48. The molecule has 0 saturated carbocycles. The summed E-state index contributed by atoms with van der Waals surface area (Å²) in [7, 11) is 0. The van der Waals surface area contributed by atoms with Crippen molar-refractivity contribution in [3.8, 4) is 5.75 Å². The molecule has 17 heavy (non-hydrogen) atoms. The lowest BCUT2D eigenvalue weighted by Gasteiger charge is -2.09. The number of halogens is 2. The Kier molecular flexibility index (Phi) is 4.08. The summed E-state index contributed by atoms with van der Waals surface area (Å²) in [5.74, 6) is 0.728. The summed E-state index contributed by atoms with van der Waals surface area (Å²) in [5.41, 5.74) is 2.25. The Balaban J connectivity index is 2.09. The zero-order chi connectivity index (χ0) is 12.3. The van der Waals surface area contributed by atoms with Crippen LogP contribution in [0, 0.1) is 6.92 Å². The van der Waals surface area contributed by atoms with Gasteiger partial charge in [0, 0.05) is 4.47 Å². The molecule has 0 heterocycles. The van der Waals surface area contributed by atoms with E-state index in [9.17, 15) is 0 Å². The van der Waals surface area contributed by atoms with Gasteiger partial charge in [-0.15, -0.1) is 0 Å². The second-order valence-corrected chi connectivity index (χ2v) is 5.18. The molecule has 2 rings (SSSR count). The molecule has 0 N–H and O–H groups in total. The van der Waals surface area contributed by atoms with Crippen molar-refractivity contribution < 1.29 is 4.74 Å². The minimum Gasteiger partial charge on any atom is -0.487 e. The monoisotopic (exact) mass is 310 g/mol. The number of benzene rings is 2. The number of rotatable bonds is 3. The molecule has 0 unspecified atom stereocenters. The topological polar surface area (TPSA) is 9.23 Å². The van der Waals surface area contributed by atoms with E-state index in [-0.39, 0.29) is 0 Å². The molecule has 0 bridgehead atoms. The molecule has 0 radical (unpaired) electrons. The highest BCUT2D eigenvalue weighted by Gasteiger charge is 2.02. The van der Waals surface area contributed by atoms with Crippen LogP contribution in [0.25, 0.3) is 0 Å². The average Bonchev–Trinajstić information content (AvgIpc) is 2.30. The first-order chi connectivity index (χ1) is 8.15. The SMILES string of the molecule is Cc1ccc(Cl)c(OCc2cccc(Br)c2)c1.